The Hall–Kier alpha value is -5.39. The number of unbranched alkanes of at least 4 members (excludes halogenated alkanes) is 1. The van der Waals surface area contributed by atoms with Crippen molar-refractivity contribution in [2.75, 3.05) is 25.5 Å². The minimum absolute atomic E-state index is 0.0243. The molecule has 1 atom stereocenters. The van der Waals surface area contributed by atoms with Crippen LogP contribution in [-0.2, 0) is 26.0 Å². The number of carbonyl (C=O) groups excluding carboxylic acids is 2. The van der Waals surface area contributed by atoms with E-state index in [4.69, 9.17) is 16.3 Å². The Kier molecular flexibility index (Phi) is 12.0. The summed E-state index contributed by atoms with van der Waals surface area (Å²) >= 11 is 5.79. The van der Waals surface area contributed by atoms with Crippen molar-refractivity contribution in [3.8, 4) is 5.75 Å². The molecule has 0 bridgehead atoms. The number of allylic oxidation sites excluding steroid dienone is 2. The maximum absolute atomic E-state index is 16.4. The van der Waals surface area contributed by atoms with Crippen LogP contribution in [0.15, 0.2) is 82.3 Å². The van der Waals surface area contributed by atoms with Gasteiger partial charge in [0.1, 0.15) is 11.8 Å². The molecule has 2 aromatic heterocycles. The van der Waals surface area contributed by atoms with Crippen molar-refractivity contribution in [3.05, 3.63) is 122 Å². The molecule has 0 unspecified atom stereocenters. The van der Waals surface area contributed by atoms with Crippen molar-refractivity contribution in [1.82, 2.24) is 24.3 Å². The van der Waals surface area contributed by atoms with Crippen LogP contribution >= 0.6 is 11.6 Å². The van der Waals surface area contributed by atoms with E-state index >= 15 is 8.63 Å². The van der Waals surface area contributed by atoms with Gasteiger partial charge in [-0.3, -0.25) is 14.4 Å². The van der Waals surface area contributed by atoms with Gasteiger partial charge in [0, 0.05) is 60.7 Å². The zero-order chi connectivity index (χ0) is 41.2. The Bertz CT molecular complexity index is 2520. The SMILES string of the molecule is COc1ccc(C2=[N+]3C(=Cc4c(C)c(CCC(=O)NCCCCNS(=O)(=O)c5cc(NC(=O)[C@H](C)n6ncc(Cl)cc6=O)ccc5C)c(C)n4[B-]3(F)F)C=C2)cc1. The minimum Gasteiger partial charge on any atom is -0.497 e. The molecule has 0 spiro atoms. The summed E-state index contributed by atoms with van der Waals surface area (Å²) in [5.41, 5.74) is 3.79. The van der Waals surface area contributed by atoms with Gasteiger partial charge >= 0.3 is 6.97 Å². The number of nitrogens with one attached hydrogen (secondary N) is 3. The van der Waals surface area contributed by atoms with Crippen LogP contribution in [0.25, 0.3) is 6.08 Å². The van der Waals surface area contributed by atoms with Gasteiger partial charge in [0.05, 0.1) is 23.2 Å². The third-order valence-corrected chi connectivity index (χ3v) is 12.0. The maximum Gasteiger partial charge on any atom is 0.737 e. The fourth-order valence-corrected chi connectivity index (χ4v) is 8.64. The molecule has 2 aliphatic heterocycles. The number of nitrogens with zero attached hydrogens (tertiary/aromatic N) is 4. The van der Waals surface area contributed by atoms with Crippen molar-refractivity contribution < 1.29 is 35.9 Å². The monoisotopic (exact) mass is 821 g/mol. The maximum atomic E-state index is 16.4. The van der Waals surface area contributed by atoms with Crippen molar-refractivity contribution in [3.63, 3.8) is 0 Å². The van der Waals surface area contributed by atoms with Gasteiger partial charge < -0.3 is 33.0 Å². The molecule has 0 saturated carbocycles. The molecule has 2 amide bonds. The lowest BCUT2D eigenvalue weighted by molar-refractivity contribution is -0.360. The third kappa shape index (κ3) is 8.50. The largest absolute Gasteiger partial charge is 0.737 e. The number of carbonyl (C=O) groups is 2. The van der Waals surface area contributed by atoms with Gasteiger partial charge in [0.25, 0.3) is 5.56 Å². The number of aryl methyl sites for hydroxylation is 1. The summed E-state index contributed by atoms with van der Waals surface area (Å²) in [5.74, 6) is -0.193. The average Bonchev–Trinajstić information content (AvgIpc) is 3.71. The van der Waals surface area contributed by atoms with Crippen LogP contribution in [-0.4, -0.2) is 71.9 Å². The second kappa shape index (κ2) is 16.6. The van der Waals surface area contributed by atoms with Gasteiger partial charge in [0.2, 0.25) is 21.8 Å². The summed E-state index contributed by atoms with van der Waals surface area (Å²) in [5, 5.41) is 9.50. The van der Waals surface area contributed by atoms with Crippen LogP contribution in [0.1, 0.15) is 65.9 Å². The fraction of sp³-hybridized carbons (Fsp3) is 0.308. The van der Waals surface area contributed by atoms with Crippen LogP contribution in [0.5, 0.6) is 5.75 Å². The molecule has 13 nitrogen and oxygen atoms in total. The van der Waals surface area contributed by atoms with Gasteiger partial charge in [-0.15, -0.1) is 0 Å². The summed E-state index contributed by atoms with van der Waals surface area (Å²) in [4.78, 5) is 37.8. The first-order valence-corrected chi connectivity index (χ1v) is 20.2. The molecule has 0 aliphatic carbocycles. The first-order valence-electron chi connectivity index (χ1n) is 18.4. The predicted molar refractivity (Wildman–Crippen MR) is 216 cm³/mol. The molecule has 18 heteroatoms. The zero-order valence-electron chi connectivity index (χ0n) is 32.1. The summed E-state index contributed by atoms with van der Waals surface area (Å²) in [6.07, 6.45) is 7.66. The molecule has 0 saturated heterocycles. The normalized spacial score (nSPS) is 14.8. The lowest BCUT2D eigenvalue weighted by atomic mass is 9.90. The molecule has 6 rings (SSSR count). The standard InChI is InChI=1S/C39H43BClF2N7O6S/c1-24-8-11-30(47-39(53)27(4)50-38(52)20-29(41)23-45-50)21-36(24)57(54,55)46-19-7-6-18-44-37(51)17-15-33-25(2)35-22-31-12-16-34(28-9-13-32(56-5)14-10-28)49(31)40(42,43)48(35)26(33)3/h8-14,16,20-23,27,46H,6-7,15,17-19H2,1-5H3,(H,44,51)(H,47,53)/t27-/m0/s1. The number of sulfonamides is 1. The number of benzene rings is 2. The highest BCUT2D eigenvalue weighted by Crippen LogP contribution is 2.37. The van der Waals surface area contributed by atoms with E-state index in [0.29, 0.717) is 70.2 Å². The van der Waals surface area contributed by atoms with E-state index in [1.807, 2.05) is 0 Å². The molecule has 2 aliphatic rings. The Morgan fingerprint density at radius 2 is 1.75 bits per heavy atom. The lowest BCUT2D eigenvalue weighted by Gasteiger charge is -2.30. The van der Waals surface area contributed by atoms with Crippen LogP contribution in [0.4, 0.5) is 14.3 Å². The number of anilines is 1. The highest BCUT2D eigenvalue weighted by molar-refractivity contribution is 7.89. The van der Waals surface area contributed by atoms with E-state index in [0.717, 1.165) is 19.7 Å². The van der Waals surface area contributed by atoms with E-state index in [9.17, 15) is 22.8 Å². The molecule has 57 heavy (non-hydrogen) atoms. The third-order valence-electron chi connectivity index (χ3n) is 10.2. The van der Waals surface area contributed by atoms with Crippen molar-refractivity contribution >= 4 is 57.9 Å². The van der Waals surface area contributed by atoms with Crippen LogP contribution in [0, 0.1) is 20.8 Å². The van der Waals surface area contributed by atoms with Gasteiger partial charge in [-0.1, -0.05) is 17.7 Å². The molecule has 2 aromatic carbocycles. The highest BCUT2D eigenvalue weighted by Gasteiger charge is 2.53. The molecular formula is C39H43BClF2N7O6S. The van der Waals surface area contributed by atoms with Crippen LogP contribution in [0.2, 0.25) is 5.02 Å². The topological polar surface area (TPSA) is 156 Å². The van der Waals surface area contributed by atoms with Crippen LogP contribution in [0.3, 0.4) is 0 Å². The molecule has 0 fully saturated rings. The van der Waals surface area contributed by atoms with E-state index in [1.165, 1.54) is 19.2 Å². The Morgan fingerprint density at radius 1 is 1.04 bits per heavy atom. The number of halogens is 3. The smallest absolute Gasteiger partial charge is 0.497 e. The molecule has 0 radical (unpaired) electrons. The first kappa shape index (κ1) is 41.3. The van der Waals surface area contributed by atoms with Gasteiger partial charge in [-0.2, -0.15) is 5.10 Å². The summed E-state index contributed by atoms with van der Waals surface area (Å²) < 4.78 is 70.1. The molecule has 4 aromatic rings. The van der Waals surface area contributed by atoms with Crippen molar-refractivity contribution in [1.29, 1.82) is 0 Å². The quantitative estimate of drug-likeness (QED) is 0.109. The number of fused-ring (bicyclic) bond motifs is 2. The number of methoxy groups -OCH3 is 1. The summed E-state index contributed by atoms with van der Waals surface area (Å²) in [7, 11) is -2.41. The first-order chi connectivity index (χ1) is 27.0. The number of hydrogen-bond acceptors (Lipinski definition) is 7. The van der Waals surface area contributed by atoms with Gasteiger partial charge in [-0.25, -0.2) is 17.8 Å². The number of aromatic nitrogens is 3. The second-order valence-corrected chi connectivity index (χ2v) is 16.1. The van der Waals surface area contributed by atoms with Gasteiger partial charge in [-0.05, 0) is 106 Å². The lowest BCUT2D eigenvalue weighted by Crippen LogP contribution is -2.50. The molecule has 4 heterocycles. The Balaban J connectivity index is 0.993. The van der Waals surface area contributed by atoms with Gasteiger partial charge in [0.15, 0.2) is 11.4 Å². The van der Waals surface area contributed by atoms with E-state index in [2.05, 4.69) is 20.5 Å². The molecule has 3 N–H and O–H groups in total. The summed E-state index contributed by atoms with van der Waals surface area (Å²) in [6.45, 7) is 2.73. The molecule has 300 valence electrons. The number of hydrogen-bond donors (Lipinski definition) is 3. The van der Waals surface area contributed by atoms with Crippen LogP contribution < -0.4 is 25.7 Å². The van der Waals surface area contributed by atoms with Crippen molar-refractivity contribution in [2.45, 2.75) is 64.3 Å². The Labute approximate surface area is 334 Å². The Morgan fingerprint density at radius 3 is 2.46 bits per heavy atom. The predicted octanol–water partition coefficient (Wildman–Crippen LogP) is 5.29. The number of amides is 2. The zero-order valence-corrected chi connectivity index (χ0v) is 33.7. The summed E-state index contributed by atoms with van der Waals surface area (Å²) in [6, 6.07) is 11.6. The number of ether oxygens (including phenoxy) is 1. The van der Waals surface area contributed by atoms with Crippen molar-refractivity contribution in [2.24, 2.45) is 0 Å². The van der Waals surface area contributed by atoms with E-state index in [1.54, 1.807) is 82.5 Å². The van der Waals surface area contributed by atoms with E-state index in [-0.39, 0.29) is 40.9 Å². The fourth-order valence-electron chi connectivity index (χ4n) is 7.16. The minimum atomic E-state index is -4.23. The number of rotatable bonds is 15. The van der Waals surface area contributed by atoms with E-state index < -0.39 is 34.5 Å². The second-order valence-electron chi connectivity index (χ2n) is 14.0. The average molecular weight is 822 g/mol. The molecular weight excluding hydrogens is 779 g/mol. The highest BCUT2D eigenvalue weighted by atomic mass is 35.5.